The van der Waals surface area contributed by atoms with Crippen LogP contribution in [0.4, 0.5) is 0 Å². The second kappa shape index (κ2) is 10.5. The lowest BCUT2D eigenvalue weighted by molar-refractivity contribution is -0.166. The molecule has 0 saturated heterocycles. The van der Waals surface area contributed by atoms with Crippen molar-refractivity contribution in [1.82, 2.24) is 16.1 Å². The van der Waals surface area contributed by atoms with E-state index in [1.54, 1.807) is 25.3 Å². The molecule has 2 heterocycles. The summed E-state index contributed by atoms with van der Waals surface area (Å²) in [5.74, 6) is 0.938. The molecule has 1 saturated carbocycles. The van der Waals surface area contributed by atoms with Gasteiger partial charge in [0.2, 0.25) is 5.17 Å². The minimum atomic E-state index is -0.780. The summed E-state index contributed by atoms with van der Waals surface area (Å²) in [5, 5.41) is 18.0. The molecule has 1 aromatic rings. The standard InChI is InChI=1S/C23H31ClN4O5S/c1-4-28-22(25-26-27-28)34-20-17(29)13-23(33-21(20)30,15-7-5-6-8-15)10-9-14-11-16(24)19(32-3)12-18(14)31-2/h11-12,15,26-27,29H,4-10,13H2,1-3H3. The number of hydrogen-bond donors (Lipinski definition) is 3. The maximum atomic E-state index is 13.2. The van der Waals surface area contributed by atoms with E-state index in [0.29, 0.717) is 41.1 Å². The minimum Gasteiger partial charge on any atom is -0.511 e. The van der Waals surface area contributed by atoms with E-state index < -0.39 is 11.6 Å². The summed E-state index contributed by atoms with van der Waals surface area (Å²) in [7, 11) is 3.16. The van der Waals surface area contributed by atoms with Crippen molar-refractivity contribution in [3.8, 4) is 11.5 Å². The number of aliphatic hydroxyl groups excluding tert-OH is 1. The number of halogens is 1. The maximum Gasteiger partial charge on any atom is 0.349 e. The third kappa shape index (κ3) is 4.89. The Hall–Kier alpha value is -2.30. The van der Waals surface area contributed by atoms with Crippen LogP contribution in [-0.4, -0.2) is 47.6 Å². The van der Waals surface area contributed by atoms with Crippen molar-refractivity contribution in [2.24, 2.45) is 11.0 Å². The molecule has 3 N–H and O–H groups in total. The van der Waals surface area contributed by atoms with Gasteiger partial charge in [-0.05, 0) is 61.9 Å². The molecule has 1 fully saturated rings. The Labute approximate surface area is 208 Å². The normalized spacial score (nSPS) is 23.1. The summed E-state index contributed by atoms with van der Waals surface area (Å²) in [6, 6.07) is 3.60. The molecule has 0 spiro atoms. The SMILES string of the molecule is CCN1NNN=C1SC1=C(O)CC(CCc2cc(Cl)c(OC)cc2OC)(C2CCCC2)OC1=O. The first kappa shape index (κ1) is 24.8. The van der Waals surface area contributed by atoms with E-state index in [0.717, 1.165) is 43.0 Å². The van der Waals surface area contributed by atoms with Crippen LogP contribution in [0, 0.1) is 5.92 Å². The van der Waals surface area contributed by atoms with Crippen LogP contribution in [0.3, 0.4) is 0 Å². The zero-order valence-corrected chi connectivity index (χ0v) is 21.2. The molecule has 1 aromatic carbocycles. The quantitative estimate of drug-likeness (QED) is 0.442. The van der Waals surface area contributed by atoms with Crippen molar-refractivity contribution in [2.75, 3.05) is 20.8 Å². The molecule has 0 amide bonds. The summed E-state index contributed by atoms with van der Waals surface area (Å²) in [6.07, 6.45) is 5.52. The van der Waals surface area contributed by atoms with Gasteiger partial charge in [0.25, 0.3) is 0 Å². The second-order valence-electron chi connectivity index (χ2n) is 8.65. The number of aliphatic hydroxyl groups is 1. The Bertz CT molecular complexity index is 998. The number of cyclic esters (lactones) is 1. The highest BCUT2D eigenvalue weighted by molar-refractivity contribution is 8.17. The number of ether oxygens (including phenoxy) is 3. The van der Waals surface area contributed by atoms with Gasteiger partial charge in [0.05, 0.1) is 19.2 Å². The maximum absolute atomic E-state index is 13.2. The molecule has 3 aliphatic rings. The van der Waals surface area contributed by atoms with E-state index in [1.165, 1.54) is 0 Å². The number of hydrazine groups is 2. The van der Waals surface area contributed by atoms with Crippen molar-refractivity contribution < 1.29 is 24.1 Å². The Morgan fingerprint density at radius 2 is 2.03 bits per heavy atom. The number of amidine groups is 1. The van der Waals surface area contributed by atoms with E-state index in [4.69, 9.17) is 25.8 Å². The molecule has 186 valence electrons. The molecule has 34 heavy (non-hydrogen) atoms. The first-order valence-electron chi connectivity index (χ1n) is 11.5. The Balaban J connectivity index is 1.59. The lowest BCUT2D eigenvalue weighted by atomic mass is 9.77. The number of nitrogens with zero attached hydrogens (tertiary/aromatic N) is 2. The first-order chi connectivity index (χ1) is 16.4. The fourth-order valence-corrected chi connectivity index (χ4v) is 6.10. The summed E-state index contributed by atoms with van der Waals surface area (Å²) in [4.78, 5) is 13.4. The van der Waals surface area contributed by atoms with E-state index in [2.05, 4.69) is 16.2 Å². The second-order valence-corrected chi connectivity index (χ2v) is 10.0. The molecule has 0 aromatic heterocycles. The van der Waals surface area contributed by atoms with E-state index in [1.807, 2.05) is 13.0 Å². The lowest BCUT2D eigenvalue weighted by Gasteiger charge is -2.41. The summed E-state index contributed by atoms with van der Waals surface area (Å²) in [5.41, 5.74) is 5.66. The summed E-state index contributed by atoms with van der Waals surface area (Å²) >= 11 is 7.47. The highest BCUT2D eigenvalue weighted by Crippen LogP contribution is 2.48. The molecule has 1 unspecified atom stereocenters. The van der Waals surface area contributed by atoms with Crippen molar-refractivity contribution in [2.45, 2.75) is 57.5 Å². The Morgan fingerprint density at radius 3 is 2.68 bits per heavy atom. The molecule has 0 bridgehead atoms. The lowest BCUT2D eigenvalue weighted by Crippen LogP contribution is -2.46. The monoisotopic (exact) mass is 510 g/mol. The van der Waals surface area contributed by atoms with Gasteiger partial charge < -0.3 is 19.3 Å². The van der Waals surface area contributed by atoms with E-state index >= 15 is 0 Å². The van der Waals surface area contributed by atoms with Gasteiger partial charge in [-0.2, -0.15) is 0 Å². The highest BCUT2D eigenvalue weighted by Gasteiger charge is 2.48. The number of nitrogens with one attached hydrogen (secondary N) is 2. The third-order valence-electron chi connectivity index (χ3n) is 6.76. The number of hydrogen-bond acceptors (Lipinski definition) is 10. The Morgan fingerprint density at radius 1 is 1.29 bits per heavy atom. The predicted molar refractivity (Wildman–Crippen MR) is 132 cm³/mol. The van der Waals surface area contributed by atoms with Crippen LogP contribution in [0.1, 0.15) is 51.0 Å². The molecule has 0 radical (unpaired) electrons. The number of aryl methyl sites for hydroxylation is 1. The minimum absolute atomic E-state index is 0.0542. The highest BCUT2D eigenvalue weighted by atomic mass is 35.5. The summed E-state index contributed by atoms with van der Waals surface area (Å²) in [6.45, 7) is 2.59. The van der Waals surface area contributed by atoms with Crippen LogP contribution in [0.15, 0.2) is 27.9 Å². The number of carbonyl (C=O) groups is 1. The summed E-state index contributed by atoms with van der Waals surface area (Å²) < 4.78 is 17.1. The molecular formula is C23H31ClN4O5S. The Kier molecular flexibility index (Phi) is 7.69. The molecule has 9 nitrogen and oxygen atoms in total. The molecule has 1 aliphatic carbocycles. The molecule has 11 heteroatoms. The average Bonchev–Trinajstić information content (AvgIpc) is 3.52. The van der Waals surface area contributed by atoms with Gasteiger partial charge >= 0.3 is 5.97 Å². The molecule has 1 atom stereocenters. The first-order valence-corrected chi connectivity index (χ1v) is 12.7. The zero-order valence-electron chi connectivity index (χ0n) is 19.6. The average molecular weight is 511 g/mol. The van der Waals surface area contributed by atoms with Crippen molar-refractivity contribution in [3.05, 3.63) is 33.4 Å². The number of rotatable bonds is 8. The molecule has 4 rings (SSSR count). The van der Waals surface area contributed by atoms with Crippen molar-refractivity contribution in [1.29, 1.82) is 0 Å². The topological polar surface area (TPSA) is 105 Å². The van der Waals surface area contributed by atoms with Gasteiger partial charge in [-0.15, -0.1) is 10.6 Å². The largest absolute Gasteiger partial charge is 0.511 e. The van der Waals surface area contributed by atoms with Crippen LogP contribution in [-0.2, 0) is 16.0 Å². The number of thioether (sulfide) groups is 1. The van der Waals surface area contributed by atoms with Gasteiger partial charge in [-0.3, -0.25) is 5.01 Å². The number of benzene rings is 1. The number of hydrazone groups is 1. The van der Waals surface area contributed by atoms with Crippen LogP contribution < -0.4 is 20.5 Å². The van der Waals surface area contributed by atoms with Gasteiger partial charge in [0.1, 0.15) is 27.8 Å². The fourth-order valence-electron chi connectivity index (χ4n) is 4.96. The van der Waals surface area contributed by atoms with Crippen LogP contribution in [0.2, 0.25) is 5.02 Å². The zero-order chi connectivity index (χ0) is 24.3. The van der Waals surface area contributed by atoms with Crippen LogP contribution in [0.25, 0.3) is 0 Å². The fraction of sp³-hybridized carbons (Fsp3) is 0.565. The molecule has 2 aliphatic heterocycles. The van der Waals surface area contributed by atoms with Gasteiger partial charge in [-0.25, -0.2) is 10.3 Å². The van der Waals surface area contributed by atoms with Crippen molar-refractivity contribution >= 4 is 34.5 Å². The third-order valence-corrected chi connectivity index (χ3v) is 8.15. The van der Waals surface area contributed by atoms with Gasteiger partial charge in [0, 0.05) is 19.0 Å². The smallest absolute Gasteiger partial charge is 0.349 e. The number of methoxy groups -OCH3 is 2. The van der Waals surface area contributed by atoms with E-state index in [9.17, 15) is 9.90 Å². The van der Waals surface area contributed by atoms with E-state index in [-0.39, 0.29) is 23.0 Å². The molecular weight excluding hydrogens is 480 g/mol. The number of carbonyl (C=O) groups excluding carboxylic acids is 1. The van der Waals surface area contributed by atoms with Crippen LogP contribution >= 0.6 is 23.4 Å². The van der Waals surface area contributed by atoms with Gasteiger partial charge in [0.15, 0.2) is 0 Å². The number of esters is 1. The predicted octanol–water partition coefficient (Wildman–Crippen LogP) is 4.28. The van der Waals surface area contributed by atoms with Gasteiger partial charge in [-0.1, -0.05) is 24.4 Å². The van der Waals surface area contributed by atoms with Crippen molar-refractivity contribution in [3.63, 3.8) is 0 Å². The van der Waals surface area contributed by atoms with Crippen LogP contribution in [0.5, 0.6) is 11.5 Å².